The molecule has 0 aliphatic carbocycles. The highest BCUT2D eigenvalue weighted by molar-refractivity contribution is 7.71. The van der Waals surface area contributed by atoms with E-state index in [9.17, 15) is 4.79 Å². The summed E-state index contributed by atoms with van der Waals surface area (Å²) in [4.78, 5) is 11.8. The minimum Gasteiger partial charge on any atom is -0.383 e. The van der Waals surface area contributed by atoms with Gasteiger partial charge in [0.15, 0.2) is 10.6 Å². The summed E-state index contributed by atoms with van der Waals surface area (Å²) < 4.78 is 8.83. The smallest absolute Gasteiger partial charge is 0.266 e. The fourth-order valence-electron chi connectivity index (χ4n) is 1.94. The number of hydrogen-bond acceptors (Lipinski definition) is 5. The first kappa shape index (κ1) is 15.6. The molecule has 0 bridgehead atoms. The lowest BCUT2D eigenvalue weighted by Crippen LogP contribution is -2.24. The first-order chi connectivity index (χ1) is 10.2. The standard InChI is InChI=1S/C13H19N5O2S/c1-3-4-7-17-12(14-15-13(17)21)10-5-6-11(19)18(16-10)8-9-20-2/h5-6H,3-4,7-9H2,1-2H3,(H,15,21). The third-order valence-corrected chi connectivity index (χ3v) is 3.41. The Morgan fingerprint density at radius 2 is 2.19 bits per heavy atom. The van der Waals surface area contributed by atoms with Crippen LogP contribution in [-0.4, -0.2) is 38.3 Å². The molecule has 2 aromatic heterocycles. The Kier molecular flexibility index (Phi) is 5.40. The van der Waals surface area contributed by atoms with Crippen LogP contribution in [0.2, 0.25) is 0 Å². The largest absolute Gasteiger partial charge is 0.383 e. The molecule has 0 atom stereocenters. The number of unbranched alkanes of at least 4 members (excludes halogenated alkanes) is 1. The second kappa shape index (κ2) is 7.28. The Labute approximate surface area is 127 Å². The molecule has 0 unspecified atom stereocenters. The maximum atomic E-state index is 11.8. The number of hydrogen-bond donors (Lipinski definition) is 1. The molecule has 114 valence electrons. The molecule has 2 heterocycles. The second-order valence-corrected chi connectivity index (χ2v) is 5.02. The lowest BCUT2D eigenvalue weighted by atomic mass is 10.3. The van der Waals surface area contributed by atoms with Gasteiger partial charge in [0.2, 0.25) is 0 Å². The zero-order valence-corrected chi connectivity index (χ0v) is 13.0. The monoisotopic (exact) mass is 309 g/mol. The molecule has 0 fully saturated rings. The van der Waals surface area contributed by atoms with Gasteiger partial charge < -0.3 is 4.74 Å². The van der Waals surface area contributed by atoms with Crippen molar-refractivity contribution < 1.29 is 4.74 Å². The van der Waals surface area contributed by atoms with E-state index in [0.717, 1.165) is 19.4 Å². The van der Waals surface area contributed by atoms with Gasteiger partial charge in [0.1, 0.15) is 5.69 Å². The van der Waals surface area contributed by atoms with Crippen LogP contribution in [0.4, 0.5) is 0 Å². The third-order valence-electron chi connectivity index (χ3n) is 3.10. The van der Waals surface area contributed by atoms with Crippen LogP contribution in [0.3, 0.4) is 0 Å². The number of aromatic amines is 1. The summed E-state index contributed by atoms with van der Waals surface area (Å²) in [5, 5.41) is 11.3. The molecule has 2 aromatic rings. The Balaban J connectivity index is 2.38. The normalized spacial score (nSPS) is 11.0. The molecule has 2 rings (SSSR count). The van der Waals surface area contributed by atoms with E-state index in [-0.39, 0.29) is 5.56 Å². The number of nitrogens with zero attached hydrogens (tertiary/aromatic N) is 4. The maximum absolute atomic E-state index is 11.8. The van der Waals surface area contributed by atoms with E-state index in [1.807, 2.05) is 4.57 Å². The molecule has 0 spiro atoms. The highest BCUT2D eigenvalue weighted by Gasteiger charge is 2.11. The summed E-state index contributed by atoms with van der Waals surface area (Å²) in [6.45, 7) is 3.73. The summed E-state index contributed by atoms with van der Waals surface area (Å²) in [5.41, 5.74) is 0.458. The fraction of sp³-hybridized carbons (Fsp3) is 0.538. The van der Waals surface area contributed by atoms with Gasteiger partial charge in [-0.05, 0) is 24.7 Å². The Hall–Kier alpha value is -1.80. The summed E-state index contributed by atoms with van der Waals surface area (Å²) in [6.07, 6.45) is 2.07. The molecule has 0 saturated heterocycles. The Bertz CT molecular complexity index is 703. The lowest BCUT2D eigenvalue weighted by molar-refractivity contribution is 0.182. The van der Waals surface area contributed by atoms with Gasteiger partial charge in [0.05, 0.1) is 13.2 Å². The van der Waals surface area contributed by atoms with Gasteiger partial charge >= 0.3 is 0 Å². The molecule has 8 heteroatoms. The average Bonchev–Trinajstić information content (AvgIpc) is 2.85. The van der Waals surface area contributed by atoms with Crippen LogP contribution in [0.5, 0.6) is 0 Å². The van der Waals surface area contributed by atoms with Crippen LogP contribution >= 0.6 is 12.2 Å². The van der Waals surface area contributed by atoms with Crippen LogP contribution in [0.25, 0.3) is 11.5 Å². The van der Waals surface area contributed by atoms with Gasteiger partial charge in [-0.25, -0.2) is 4.68 Å². The number of aromatic nitrogens is 5. The third kappa shape index (κ3) is 3.64. The van der Waals surface area contributed by atoms with Crippen LogP contribution in [0.1, 0.15) is 19.8 Å². The molecular weight excluding hydrogens is 290 g/mol. The first-order valence-electron chi connectivity index (χ1n) is 6.90. The first-order valence-corrected chi connectivity index (χ1v) is 7.31. The zero-order valence-electron chi connectivity index (χ0n) is 12.2. The molecule has 21 heavy (non-hydrogen) atoms. The van der Waals surface area contributed by atoms with Crippen LogP contribution in [0.15, 0.2) is 16.9 Å². The summed E-state index contributed by atoms with van der Waals surface area (Å²) in [5.74, 6) is 0.652. The van der Waals surface area contributed by atoms with Crippen molar-refractivity contribution in [2.24, 2.45) is 0 Å². The molecule has 0 amide bonds. The lowest BCUT2D eigenvalue weighted by Gasteiger charge is -2.08. The van der Waals surface area contributed by atoms with Crippen molar-refractivity contribution >= 4 is 12.2 Å². The van der Waals surface area contributed by atoms with E-state index >= 15 is 0 Å². The number of nitrogens with one attached hydrogen (secondary N) is 1. The summed E-state index contributed by atoms with van der Waals surface area (Å²) >= 11 is 5.24. The SMILES string of the molecule is CCCCn1c(-c2ccc(=O)n(CCOC)n2)n[nH]c1=S. The van der Waals surface area contributed by atoms with Gasteiger partial charge in [-0.15, -0.1) is 0 Å². The van der Waals surface area contributed by atoms with Crippen molar-refractivity contribution in [1.82, 2.24) is 24.5 Å². The Morgan fingerprint density at radius 1 is 1.38 bits per heavy atom. The van der Waals surface area contributed by atoms with Gasteiger partial charge in [0.25, 0.3) is 5.56 Å². The highest BCUT2D eigenvalue weighted by atomic mass is 32.1. The number of rotatable bonds is 7. The highest BCUT2D eigenvalue weighted by Crippen LogP contribution is 2.14. The average molecular weight is 309 g/mol. The van der Waals surface area contributed by atoms with Gasteiger partial charge in [-0.1, -0.05) is 13.3 Å². The minimum absolute atomic E-state index is 0.162. The van der Waals surface area contributed by atoms with Gasteiger partial charge in [0, 0.05) is 19.7 Å². The molecule has 7 nitrogen and oxygen atoms in total. The quantitative estimate of drug-likeness (QED) is 0.786. The zero-order chi connectivity index (χ0) is 15.2. The fourth-order valence-corrected chi connectivity index (χ4v) is 2.17. The van der Waals surface area contributed by atoms with Crippen LogP contribution < -0.4 is 5.56 Å². The topological polar surface area (TPSA) is 77.7 Å². The Morgan fingerprint density at radius 3 is 2.90 bits per heavy atom. The van der Waals surface area contributed by atoms with Crippen molar-refractivity contribution in [2.75, 3.05) is 13.7 Å². The van der Waals surface area contributed by atoms with E-state index in [1.54, 1.807) is 13.2 Å². The van der Waals surface area contributed by atoms with Gasteiger partial charge in [-0.3, -0.25) is 14.5 Å². The van der Waals surface area contributed by atoms with Crippen LogP contribution in [0, 0.1) is 4.77 Å². The van der Waals surface area contributed by atoms with E-state index < -0.39 is 0 Å². The maximum Gasteiger partial charge on any atom is 0.266 e. The minimum atomic E-state index is -0.162. The van der Waals surface area contributed by atoms with Crippen molar-refractivity contribution in [3.05, 3.63) is 27.3 Å². The molecule has 0 aromatic carbocycles. The molecule has 1 N–H and O–H groups in total. The van der Waals surface area contributed by atoms with E-state index in [0.29, 0.717) is 29.4 Å². The number of ether oxygens (including phenoxy) is 1. The number of methoxy groups -OCH3 is 1. The second-order valence-electron chi connectivity index (χ2n) is 4.63. The predicted molar refractivity (Wildman–Crippen MR) is 81.7 cm³/mol. The number of H-pyrrole nitrogens is 1. The van der Waals surface area contributed by atoms with Crippen molar-refractivity contribution in [1.29, 1.82) is 0 Å². The molecular formula is C13H19N5O2S. The van der Waals surface area contributed by atoms with Crippen LogP contribution in [-0.2, 0) is 17.8 Å². The van der Waals surface area contributed by atoms with E-state index in [1.165, 1.54) is 10.7 Å². The molecule has 0 aliphatic heterocycles. The van der Waals surface area contributed by atoms with Crippen molar-refractivity contribution in [3.63, 3.8) is 0 Å². The van der Waals surface area contributed by atoms with Crippen molar-refractivity contribution in [2.45, 2.75) is 32.9 Å². The van der Waals surface area contributed by atoms with E-state index in [4.69, 9.17) is 17.0 Å². The molecule has 0 saturated carbocycles. The van der Waals surface area contributed by atoms with Crippen molar-refractivity contribution in [3.8, 4) is 11.5 Å². The van der Waals surface area contributed by atoms with E-state index in [2.05, 4.69) is 22.2 Å². The molecule has 0 radical (unpaired) electrons. The van der Waals surface area contributed by atoms with Gasteiger partial charge in [-0.2, -0.15) is 10.2 Å². The predicted octanol–water partition coefficient (Wildman–Crippen LogP) is 1.61. The summed E-state index contributed by atoms with van der Waals surface area (Å²) in [6, 6.07) is 3.15. The summed E-state index contributed by atoms with van der Waals surface area (Å²) in [7, 11) is 1.59. The molecule has 0 aliphatic rings.